The number of nitrogens with zero attached hydrogens (tertiary/aromatic N) is 3. The summed E-state index contributed by atoms with van der Waals surface area (Å²) in [6.45, 7) is 2.07. The normalized spacial score (nSPS) is 11.8. The van der Waals surface area contributed by atoms with Gasteiger partial charge in [-0.05, 0) is 41.8 Å². The van der Waals surface area contributed by atoms with Crippen molar-refractivity contribution in [3.8, 4) is 0 Å². The van der Waals surface area contributed by atoms with Gasteiger partial charge in [-0.1, -0.05) is 109 Å². The number of hydrogen-bond acceptors (Lipinski definition) is 2. The number of benzene rings is 4. The van der Waals surface area contributed by atoms with Crippen molar-refractivity contribution in [3.63, 3.8) is 0 Å². The Labute approximate surface area is 228 Å². The van der Waals surface area contributed by atoms with E-state index in [9.17, 15) is 4.79 Å². The Kier molecular flexibility index (Phi) is 6.29. The van der Waals surface area contributed by atoms with E-state index in [0.717, 1.165) is 39.0 Å². The van der Waals surface area contributed by atoms with Crippen LogP contribution < -0.4 is 0 Å². The highest BCUT2D eigenvalue weighted by Crippen LogP contribution is 2.42. The molecule has 0 aliphatic rings. The van der Waals surface area contributed by atoms with Gasteiger partial charge < -0.3 is 9.13 Å². The molecule has 0 N–H and O–H groups in total. The number of imidazole rings is 1. The molecule has 0 atom stereocenters. The highest BCUT2D eigenvalue weighted by molar-refractivity contribution is 6.14. The Morgan fingerprint density at radius 3 is 1.82 bits per heavy atom. The number of carbonyl (C=O) groups is 1. The molecule has 0 amide bonds. The maximum absolute atomic E-state index is 13.3. The number of para-hydroxylation sites is 1. The molecule has 4 heteroatoms. The highest BCUT2D eigenvalue weighted by Gasteiger charge is 2.39. The van der Waals surface area contributed by atoms with E-state index in [0.29, 0.717) is 5.56 Å². The lowest BCUT2D eigenvalue weighted by molar-refractivity contribution is 0.104. The second kappa shape index (κ2) is 10.1. The van der Waals surface area contributed by atoms with Gasteiger partial charge in [0.2, 0.25) is 0 Å². The summed E-state index contributed by atoms with van der Waals surface area (Å²) < 4.78 is 4.22. The largest absolute Gasteiger partial charge is 0.350 e. The molecule has 2 aromatic heterocycles. The molecule has 4 aromatic carbocycles. The fraction of sp³-hybridized carbons (Fsp3) is 0.0857. The number of allylic oxidation sites excluding steroid dienone is 1. The summed E-state index contributed by atoms with van der Waals surface area (Å²) in [5.74, 6) is -0.0406. The average Bonchev–Trinajstić information content (AvgIpc) is 3.53. The molecule has 0 aliphatic heterocycles. The molecule has 0 saturated carbocycles. The van der Waals surface area contributed by atoms with E-state index >= 15 is 0 Å². The van der Waals surface area contributed by atoms with Gasteiger partial charge in [0.05, 0.1) is 12.0 Å². The number of ketones is 1. The zero-order valence-corrected chi connectivity index (χ0v) is 22.0. The monoisotopic (exact) mass is 507 g/mol. The van der Waals surface area contributed by atoms with Crippen molar-refractivity contribution in [2.45, 2.75) is 12.5 Å². The van der Waals surface area contributed by atoms with Gasteiger partial charge in [-0.25, -0.2) is 4.98 Å². The van der Waals surface area contributed by atoms with Crippen LogP contribution in [-0.2, 0) is 12.6 Å². The third kappa shape index (κ3) is 4.11. The highest BCUT2D eigenvalue weighted by atomic mass is 16.1. The Morgan fingerprint density at radius 1 is 0.744 bits per heavy atom. The molecule has 0 fully saturated rings. The average molecular weight is 508 g/mol. The smallest absolute Gasteiger partial charge is 0.188 e. The number of carbonyl (C=O) groups excluding carboxylic acids is 1. The van der Waals surface area contributed by atoms with Crippen LogP contribution >= 0.6 is 0 Å². The Bertz CT molecular complexity index is 1680. The maximum atomic E-state index is 13.3. The standard InChI is InChI=1S/C35H29N3O/c1-26-32(22-23-34(39)31-24-37(2)33-21-13-12-20-30(31)33)36-25-38(26)35(27-14-6-3-7-15-27,28-16-8-4-9-17-28)29-18-10-5-11-19-29/h3-25H,1-2H3. The van der Waals surface area contributed by atoms with Crippen LogP contribution in [0.5, 0.6) is 0 Å². The van der Waals surface area contributed by atoms with Gasteiger partial charge in [0.25, 0.3) is 0 Å². The fourth-order valence-corrected chi connectivity index (χ4v) is 5.66. The number of hydrogen-bond donors (Lipinski definition) is 0. The van der Waals surface area contributed by atoms with Gasteiger partial charge in [-0.2, -0.15) is 0 Å². The molecule has 6 aromatic rings. The third-order valence-corrected chi connectivity index (χ3v) is 7.54. The molecular weight excluding hydrogens is 478 g/mol. The molecule has 0 unspecified atom stereocenters. The van der Waals surface area contributed by atoms with E-state index in [1.54, 1.807) is 6.08 Å². The zero-order valence-electron chi connectivity index (χ0n) is 22.0. The van der Waals surface area contributed by atoms with Gasteiger partial charge in [0.1, 0.15) is 5.54 Å². The summed E-state index contributed by atoms with van der Waals surface area (Å²) >= 11 is 0. The van der Waals surface area contributed by atoms with Gasteiger partial charge in [-0.15, -0.1) is 0 Å². The van der Waals surface area contributed by atoms with Crippen LogP contribution in [0, 0.1) is 6.92 Å². The predicted molar refractivity (Wildman–Crippen MR) is 158 cm³/mol. The van der Waals surface area contributed by atoms with Crippen LogP contribution in [0.4, 0.5) is 0 Å². The summed E-state index contributed by atoms with van der Waals surface area (Å²) in [6, 6.07) is 39.5. The van der Waals surface area contributed by atoms with Crippen molar-refractivity contribution in [2.75, 3.05) is 0 Å². The number of aromatic nitrogens is 3. The van der Waals surface area contributed by atoms with Crippen LogP contribution in [0.1, 0.15) is 38.4 Å². The quantitative estimate of drug-likeness (QED) is 0.128. The van der Waals surface area contributed by atoms with E-state index in [1.807, 2.05) is 72.7 Å². The van der Waals surface area contributed by atoms with Gasteiger partial charge >= 0.3 is 0 Å². The molecule has 0 saturated heterocycles. The Hall–Kier alpha value is -4.96. The van der Waals surface area contributed by atoms with E-state index in [4.69, 9.17) is 4.98 Å². The number of fused-ring (bicyclic) bond motifs is 1. The van der Waals surface area contributed by atoms with Crippen LogP contribution in [0.2, 0.25) is 0 Å². The van der Waals surface area contributed by atoms with Crippen molar-refractivity contribution < 1.29 is 4.79 Å². The Balaban J connectivity index is 1.49. The van der Waals surface area contributed by atoms with Crippen LogP contribution in [0.15, 0.2) is 134 Å². The molecule has 0 spiro atoms. The molecule has 6 rings (SSSR count). The first-order valence-electron chi connectivity index (χ1n) is 13.1. The summed E-state index contributed by atoms with van der Waals surface area (Å²) in [5.41, 5.74) is 6.19. The topological polar surface area (TPSA) is 39.8 Å². The van der Waals surface area contributed by atoms with Gasteiger partial charge in [0.15, 0.2) is 5.78 Å². The minimum Gasteiger partial charge on any atom is -0.350 e. The van der Waals surface area contributed by atoms with Crippen molar-refractivity contribution >= 4 is 22.8 Å². The predicted octanol–water partition coefficient (Wildman–Crippen LogP) is 7.42. The minimum absolute atomic E-state index is 0.0406. The van der Waals surface area contributed by atoms with Crippen molar-refractivity contribution in [1.82, 2.24) is 14.1 Å². The van der Waals surface area contributed by atoms with E-state index in [1.165, 1.54) is 0 Å². The number of rotatable bonds is 7. The molecule has 0 radical (unpaired) electrons. The first-order chi connectivity index (χ1) is 19.1. The van der Waals surface area contributed by atoms with Crippen LogP contribution in [0.25, 0.3) is 17.0 Å². The van der Waals surface area contributed by atoms with E-state index < -0.39 is 5.54 Å². The summed E-state index contributed by atoms with van der Waals surface area (Å²) in [4.78, 5) is 18.1. The van der Waals surface area contributed by atoms with E-state index in [2.05, 4.69) is 84.3 Å². The zero-order chi connectivity index (χ0) is 26.8. The first-order valence-corrected chi connectivity index (χ1v) is 13.1. The Morgan fingerprint density at radius 2 is 1.26 bits per heavy atom. The summed E-state index contributed by atoms with van der Waals surface area (Å²) in [6.07, 6.45) is 7.26. The van der Waals surface area contributed by atoms with Crippen LogP contribution in [0.3, 0.4) is 0 Å². The van der Waals surface area contributed by atoms with E-state index in [-0.39, 0.29) is 5.78 Å². The summed E-state index contributed by atoms with van der Waals surface area (Å²) in [5, 5.41) is 0.952. The molecule has 0 bridgehead atoms. The van der Waals surface area contributed by atoms with Crippen LogP contribution in [-0.4, -0.2) is 19.9 Å². The molecule has 4 nitrogen and oxygen atoms in total. The number of aryl methyl sites for hydroxylation is 1. The lowest BCUT2D eigenvalue weighted by Crippen LogP contribution is -2.38. The molecule has 39 heavy (non-hydrogen) atoms. The second-order valence-corrected chi connectivity index (χ2v) is 9.76. The lowest BCUT2D eigenvalue weighted by Gasteiger charge is -2.38. The van der Waals surface area contributed by atoms with Gasteiger partial charge in [-0.3, -0.25) is 4.79 Å². The lowest BCUT2D eigenvalue weighted by atomic mass is 9.76. The van der Waals surface area contributed by atoms with Crippen molar-refractivity contribution in [2.24, 2.45) is 7.05 Å². The maximum Gasteiger partial charge on any atom is 0.188 e. The second-order valence-electron chi connectivity index (χ2n) is 9.76. The van der Waals surface area contributed by atoms with Crippen molar-refractivity contribution in [3.05, 3.63) is 168 Å². The molecule has 2 heterocycles. The minimum atomic E-state index is -0.646. The SMILES string of the molecule is Cc1c(C=CC(=O)c2cn(C)c3ccccc23)ncn1C(c1ccccc1)(c1ccccc1)c1ccccc1. The fourth-order valence-electron chi connectivity index (χ4n) is 5.66. The van der Waals surface area contributed by atoms with Gasteiger partial charge in [0, 0.05) is 35.4 Å². The van der Waals surface area contributed by atoms with Crippen molar-refractivity contribution in [1.29, 1.82) is 0 Å². The molecular formula is C35H29N3O. The summed E-state index contributed by atoms with van der Waals surface area (Å²) in [7, 11) is 1.96. The third-order valence-electron chi connectivity index (χ3n) is 7.54. The molecule has 0 aliphatic carbocycles. The molecule has 190 valence electrons. The first kappa shape index (κ1) is 24.4.